The molecule has 1 heterocycles. The fraction of sp³-hybridized carbons (Fsp3) is 0.100. The first kappa shape index (κ1) is 9.64. The maximum Gasteiger partial charge on any atom is 0.131 e. The Bertz CT molecular complexity index is 445. The number of aryl methyl sites for hydroxylation is 1. The monoisotopic (exact) mass is 302 g/mol. The van der Waals surface area contributed by atoms with Crippen LogP contribution in [0.25, 0.3) is 11.1 Å². The maximum absolute atomic E-state index is 13.5. The highest BCUT2D eigenvalue weighted by Crippen LogP contribution is 2.28. The predicted molar refractivity (Wildman–Crippen MR) is 61.4 cm³/mol. The zero-order valence-corrected chi connectivity index (χ0v) is 9.67. The van der Waals surface area contributed by atoms with Crippen molar-refractivity contribution in [3.63, 3.8) is 0 Å². The van der Waals surface area contributed by atoms with Crippen molar-refractivity contribution < 1.29 is 4.39 Å². The summed E-state index contributed by atoms with van der Waals surface area (Å²) in [6.45, 7) is 1.89. The highest BCUT2D eigenvalue weighted by Gasteiger charge is 2.12. The molecule has 0 aliphatic carbocycles. The van der Waals surface area contributed by atoms with Crippen LogP contribution in [0.1, 0.15) is 5.69 Å². The second-order valence-corrected chi connectivity index (χ2v) is 4.02. The van der Waals surface area contributed by atoms with E-state index in [1.54, 1.807) is 12.1 Å². The highest BCUT2D eigenvalue weighted by molar-refractivity contribution is 14.1. The highest BCUT2D eigenvalue weighted by atomic mass is 127. The quantitative estimate of drug-likeness (QED) is 0.806. The third-order valence-corrected chi connectivity index (χ3v) is 2.83. The molecule has 14 heavy (non-hydrogen) atoms. The lowest BCUT2D eigenvalue weighted by Gasteiger charge is -2.01. The summed E-state index contributed by atoms with van der Waals surface area (Å²) in [6, 6.07) is 6.72. The second-order valence-electron chi connectivity index (χ2n) is 2.99. The Morgan fingerprint density at radius 1 is 1.36 bits per heavy atom. The first-order valence-corrected chi connectivity index (χ1v) is 5.23. The Balaban J connectivity index is 2.66. The molecule has 1 aromatic carbocycles. The zero-order chi connectivity index (χ0) is 10.1. The fourth-order valence-corrected chi connectivity index (χ4v) is 2.19. The number of hydrogen-bond donors (Lipinski definition) is 1. The van der Waals surface area contributed by atoms with Crippen molar-refractivity contribution in [3.05, 3.63) is 39.5 Å². The minimum Gasteiger partial charge on any atom is -0.281 e. The molecule has 0 spiro atoms. The van der Waals surface area contributed by atoms with Crippen LogP contribution in [0.5, 0.6) is 0 Å². The lowest BCUT2D eigenvalue weighted by atomic mass is 10.1. The van der Waals surface area contributed by atoms with Gasteiger partial charge in [0.25, 0.3) is 0 Å². The van der Waals surface area contributed by atoms with Crippen molar-refractivity contribution >= 4 is 22.6 Å². The molecule has 0 bridgehead atoms. The molecule has 0 aliphatic heterocycles. The van der Waals surface area contributed by atoms with Gasteiger partial charge in [-0.15, -0.1) is 0 Å². The fourth-order valence-electron chi connectivity index (χ4n) is 1.38. The number of nitrogens with zero attached hydrogens (tertiary/aromatic N) is 1. The standard InChI is InChI=1S/C10H8FIN2/c1-6-9(10(12)14-13-6)7-4-2-3-5-8(7)11/h2-5H,1H3,(H,13,14). The number of halogens is 2. The van der Waals surface area contributed by atoms with Crippen LogP contribution in [0.4, 0.5) is 4.39 Å². The van der Waals surface area contributed by atoms with Crippen LogP contribution in [-0.2, 0) is 0 Å². The van der Waals surface area contributed by atoms with E-state index in [4.69, 9.17) is 0 Å². The van der Waals surface area contributed by atoms with Gasteiger partial charge in [0.1, 0.15) is 9.52 Å². The van der Waals surface area contributed by atoms with Crippen molar-refractivity contribution in [2.45, 2.75) is 6.92 Å². The molecule has 2 nitrogen and oxygen atoms in total. The van der Waals surface area contributed by atoms with Crippen LogP contribution in [0.3, 0.4) is 0 Å². The molecule has 72 valence electrons. The number of aromatic amines is 1. The summed E-state index contributed by atoms with van der Waals surface area (Å²) in [5, 5.41) is 6.87. The number of H-pyrrole nitrogens is 1. The van der Waals surface area contributed by atoms with Crippen LogP contribution >= 0.6 is 22.6 Å². The summed E-state index contributed by atoms with van der Waals surface area (Å²) in [7, 11) is 0. The molecule has 4 heteroatoms. The number of aromatic nitrogens is 2. The van der Waals surface area contributed by atoms with Crippen LogP contribution in [-0.4, -0.2) is 10.2 Å². The van der Waals surface area contributed by atoms with Gasteiger partial charge in [-0.05, 0) is 35.6 Å². The van der Waals surface area contributed by atoms with Gasteiger partial charge in [0.2, 0.25) is 0 Å². The average molecular weight is 302 g/mol. The normalized spacial score (nSPS) is 10.5. The van der Waals surface area contributed by atoms with Crippen molar-refractivity contribution in [1.29, 1.82) is 0 Å². The molecule has 0 saturated carbocycles. The van der Waals surface area contributed by atoms with E-state index in [0.29, 0.717) is 5.56 Å². The molecule has 0 amide bonds. The summed E-state index contributed by atoms with van der Waals surface area (Å²) < 4.78 is 14.3. The number of rotatable bonds is 1. The maximum atomic E-state index is 13.5. The molecule has 0 unspecified atom stereocenters. The van der Waals surface area contributed by atoms with Gasteiger partial charge < -0.3 is 0 Å². The van der Waals surface area contributed by atoms with Gasteiger partial charge >= 0.3 is 0 Å². The van der Waals surface area contributed by atoms with E-state index in [1.165, 1.54) is 6.07 Å². The van der Waals surface area contributed by atoms with E-state index in [-0.39, 0.29) is 5.82 Å². The van der Waals surface area contributed by atoms with Gasteiger partial charge in [-0.2, -0.15) is 5.10 Å². The Morgan fingerprint density at radius 3 is 2.64 bits per heavy atom. The van der Waals surface area contributed by atoms with Crippen molar-refractivity contribution in [3.8, 4) is 11.1 Å². The molecule has 0 saturated heterocycles. The number of benzene rings is 1. The van der Waals surface area contributed by atoms with Gasteiger partial charge in [-0.1, -0.05) is 18.2 Å². The Kier molecular flexibility index (Phi) is 2.54. The van der Waals surface area contributed by atoms with Crippen molar-refractivity contribution in [1.82, 2.24) is 10.2 Å². The predicted octanol–water partition coefficient (Wildman–Crippen LogP) is 3.13. The van der Waals surface area contributed by atoms with Crippen LogP contribution in [0.15, 0.2) is 24.3 Å². The minimum atomic E-state index is -0.213. The van der Waals surface area contributed by atoms with Gasteiger partial charge in [-0.3, -0.25) is 5.10 Å². The minimum absolute atomic E-state index is 0.213. The Hall–Kier alpha value is -0.910. The van der Waals surface area contributed by atoms with Crippen LogP contribution in [0, 0.1) is 16.4 Å². The topological polar surface area (TPSA) is 28.7 Å². The van der Waals surface area contributed by atoms with E-state index in [0.717, 1.165) is 15.0 Å². The molecule has 0 fully saturated rings. The van der Waals surface area contributed by atoms with E-state index in [2.05, 4.69) is 32.8 Å². The molecule has 2 rings (SSSR count). The van der Waals surface area contributed by atoms with E-state index in [9.17, 15) is 4.39 Å². The lowest BCUT2D eigenvalue weighted by Crippen LogP contribution is -1.86. The molecular weight excluding hydrogens is 294 g/mol. The molecule has 0 aliphatic rings. The van der Waals surface area contributed by atoms with Gasteiger partial charge in [0.15, 0.2) is 0 Å². The van der Waals surface area contributed by atoms with Gasteiger partial charge in [0, 0.05) is 16.8 Å². The first-order valence-electron chi connectivity index (χ1n) is 4.15. The number of hydrogen-bond acceptors (Lipinski definition) is 1. The summed E-state index contributed by atoms with van der Waals surface area (Å²) in [5.41, 5.74) is 2.34. The third-order valence-electron chi connectivity index (χ3n) is 2.05. The van der Waals surface area contributed by atoms with E-state index in [1.807, 2.05) is 13.0 Å². The molecule has 1 aromatic heterocycles. The van der Waals surface area contributed by atoms with Crippen LogP contribution in [0.2, 0.25) is 0 Å². The number of nitrogens with one attached hydrogen (secondary N) is 1. The average Bonchev–Trinajstić information content (AvgIpc) is 2.48. The van der Waals surface area contributed by atoms with Crippen molar-refractivity contribution in [2.24, 2.45) is 0 Å². The molecule has 1 N–H and O–H groups in total. The van der Waals surface area contributed by atoms with Gasteiger partial charge in [-0.25, -0.2) is 4.39 Å². The first-order chi connectivity index (χ1) is 6.70. The second kappa shape index (κ2) is 3.68. The lowest BCUT2D eigenvalue weighted by molar-refractivity contribution is 0.631. The summed E-state index contributed by atoms with van der Waals surface area (Å²) in [5.74, 6) is -0.213. The van der Waals surface area contributed by atoms with E-state index >= 15 is 0 Å². The summed E-state index contributed by atoms with van der Waals surface area (Å²) in [4.78, 5) is 0. The molecule has 0 radical (unpaired) electrons. The third kappa shape index (κ3) is 1.54. The Labute approximate surface area is 94.7 Å². The Morgan fingerprint density at radius 2 is 2.07 bits per heavy atom. The van der Waals surface area contributed by atoms with Gasteiger partial charge in [0.05, 0.1) is 0 Å². The summed E-state index contributed by atoms with van der Waals surface area (Å²) >= 11 is 2.09. The smallest absolute Gasteiger partial charge is 0.131 e. The van der Waals surface area contributed by atoms with Crippen LogP contribution < -0.4 is 0 Å². The summed E-state index contributed by atoms with van der Waals surface area (Å²) in [6.07, 6.45) is 0. The molecular formula is C10H8FIN2. The zero-order valence-electron chi connectivity index (χ0n) is 7.51. The largest absolute Gasteiger partial charge is 0.281 e. The molecule has 2 aromatic rings. The SMILES string of the molecule is Cc1[nH]nc(I)c1-c1ccccc1F. The van der Waals surface area contributed by atoms with E-state index < -0.39 is 0 Å². The molecule has 0 atom stereocenters. The van der Waals surface area contributed by atoms with Crippen molar-refractivity contribution in [2.75, 3.05) is 0 Å².